The SMILES string of the molecule is CCC(CC#N)NC(C)c1ccc(O)cc1. The fourth-order valence-corrected chi connectivity index (χ4v) is 1.64. The molecular weight excluding hydrogens is 200 g/mol. The van der Waals surface area contributed by atoms with Crippen molar-refractivity contribution in [1.29, 1.82) is 5.26 Å². The number of phenolic OH excluding ortho intramolecular Hbond substituents is 1. The highest BCUT2D eigenvalue weighted by Crippen LogP contribution is 2.17. The molecule has 16 heavy (non-hydrogen) atoms. The number of rotatable bonds is 5. The van der Waals surface area contributed by atoms with Crippen LogP contribution in [0.2, 0.25) is 0 Å². The van der Waals surface area contributed by atoms with Crippen LogP contribution in [0.5, 0.6) is 5.75 Å². The molecule has 0 radical (unpaired) electrons. The highest BCUT2D eigenvalue weighted by Gasteiger charge is 2.11. The third-order valence-electron chi connectivity index (χ3n) is 2.71. The second kappa shape index (κ2) is 6.14. The maximum absolute atomic E-state index is 9.19. The van der Waals surface area contributed by atoms with Gasteiger partial charge in [0.25, 0.3) is 0 Å². The van der Waals surface area contributed by atoms with Crippen molar-refractivity contribution in [3.05, 3.63) is 29.8 Å². The fraction of sp³-hybridized carbons (Fsp3) is 0.462. The van der Waals surface area contributed by atoms with Crippen molar-refractivity contribution in [2.24, 2.45) is 0 Å². The van der Waals surface area contributed by atoms with Crippen molar-refractivity contribution in [3.63, 3.8) is 0 Å². The Balaban J connectivity index is 2.60. The van der Waals surface area contributed by atoms with Crippen LogP contribution in [0.25, 0.3) is 0 Å². The van der Waals surface area contributed by atoms with E-state index in [1.165, 1.54) is 0 Å². The Bertz CT molecular complexity index is 353. The van der Waals surface area contributed by atoms with Gasteiger partial charge in [0.05, 0.1) is 12.5 Å². The summed E-state index contributed by atoms with van der Waals surface area (Å²) in [5.41, 5.74) is 1.12. The Morgan fingerprint density at radius 1 is 1.38 bits per heavy atom. The standard InChI is InChI=1S/C13H18N2O/c1-3-12(8-9-14)15-10(2)11-4-6-13(16)7-5-11/h4-7,10,12,15-16H,3,8H2,1-2H3. The number of nitriles is 1. The lowest BCUT2D eigenvalue weighted by Crippen LogP contribution is -2.30. The molecule has 3 nitrogen and oxygen atoms in total. The van der Waals surface area contributed by atoms with Crippen molar-refractivity contribution in [3.8, 4) is 11.8 Å². The Morgan fingerprint density at radius 2 is 2.00 bits per heavy atom. The van der Waals surface area contributed by atoms with Gasteiger partial charge in [-0.05, 0) is 31.0 Å². The Labute approximate surface area is 96.7 Å². The zero-order valence-electron chi connectivity index (χ0n) is 9.77. The third kappa shape index (κ3) is 3.56. The van der Waals surface area contributed by atoms with Crippen LogP contribution in [-0.2, 0) is 0 Å². The number of nitrogens with zero attached hydrogens (tertiary/aromatic N) is 1. The first-order chi connectivity index (χ1) is 7.67. The second-order valence-electron chi connectivity index (χ2n) is 3.95. The van der Waals surface area contributed by atoms with Gasteiger partial charge in [0.15, 0.2) is 0 Å². The topological polar surface area (TPSA) is 56.0 Å². The van der Waals surface area contributed by atoms with Gasteiger partial charge in [-0.1, -0.05) is 19.1 Å². The number of phenols is 1. The minimum atomic E-state index is 0.193. The molecule has 0 spiro atoms. The number of aromatic hydroxyl groups is 1. The van der Waals surface area contributed by atoms with Crippen LogP contribution in [-0.4, -0.2) is 11.1 Å². The van der Waals surface area contributed by atoms with Gasteiger partial charge in [0.2, 0.25) is 0 Å². The molecule has 0 aliphatic carbocycles. The molecule has 0 fully saturated rings. The van der Waals surface area contributed by atoms with Crippen molar-refractivity contribution >= 4 is 0 Å². The molecule has 1 aromatic carbocycles. The van der Waals surface area contributed by atoms with Gasteiger partial charge in [-0.2, -0.15) is 5.26 Å². The van der Waals surface area contributed by atoms with Gasteiger partial charge in [-0.3, -0.25) is 0 Å². The molecule has 1 rings (SSSR count). The molecule has 0 aromatic heterocycles. The highest BCUT2D eigenvalue weighted by molar-refractivity contribution is 5.27. The zero-order chi connectivity index (χ0) is 12.0. The quantitative estimate of drug-likeness (QED) is 0.799. The van der Waals surface area contributed by atoms with Crippen LogP contribution < -0.4 is 5.32 Å². The summed E-state index contributed by atoms with van der Waals surface area (Å²) >= 11 is 0. The van der Waals surface area contributed by atoms with Crippen LogP contribution >= 0.6 is 0 Å². The molecule has 0 aliphatic rings. The molecule has 0 amide bonds. The molecule has 3 heteroatoms. The van der Waals surface area contributed by atoms with Crippen LogP contribution in [0, 0.1) is 11.3 Å². The first-order valence-corrected chi connectivity index (χ1v) is 5.59. The van der Waals surface area contributed by atoms with E-state index in [9.17, 15) is 5.11 Å². The maximum Gasteiger partial charge on any atom is 0.115 e. The van der Waals surface area contributed by atoms with Crippen molar-refractivity contribution in [2.75, 3.05) is 0 Å². The van der Waals surface area contributed by atoms with E-state index >= 15 is 0 Å². The minimum absolute atomic E-state index is 0.193. The molecule has 0 saturated carbocycles. The number of nitrogens with one attached hydrogen (secondary N) is 1. The zero-order valence-corrected chi connectivity index (χ0v) is 9.77. The Morgan fingerprint density at radius 3 is 2.50 bits per heavy atom. The molecular formula is C13H18N2O. The van der Waals surface area contributed by atoms with Crippen LogP contribution in [0.3, 0.4) is 0 Å². The lowest BCUT2D eigenvalue weighted by molar-refractivity contribution is 0.446. The van der Waals surface area contributed by atoms with Gasteiger partial charge in [0, 0.05) is 12.1 Å². The fourth-order valence-electron chi connectivity index (χ4n) is 1.64. The van der Waals surface area contributed by atoms with E-state index in [0.717, 1.165) is 12.0 Å². The normalized spacial score (nSPS) is 14.1. The lowest BCUT2D eigenvalue weighted by Gasteiger charge is -2.20. The van der Waals surface area contributed by atoms with E-state index in [1.807, 2.05) is 12.1 Å². The summed E-state index contributed by atoms with van der Waals surface area (Å²) in [6.45, 7) is 4.13. The molecule has 2 unspecified atom stereocenters. The molecule has 0 bridgehead atoms. The maximum atomic E-state index is 9.19. The number of hydrogen-bond donors (Lipinski definition) is 2. The smallest absolute Gasteiger partial charge is 0.115 e. The summed E-state index contributed by atoms with van der Waals surface area (Å²) in [6.07, 6.45) is 1.47. The van der Waals surface area contributed by atoms with E-state index in [4.69, 9.17) is 5.26 Å². The summed E-state index contributed by atoms with van der Waals surface area (Å²) in [6, 6.07) is 9.75. The molecule has 0 aliphatic heterocycles. The van der Waals surface area contributed by atoms with Gasteiger partial charge < -0.3 is 10.4 Å². The van der Waals surface area contributed by atoms with Crippen LogP contribution in [0.15, 0.2) is 24.3 Å². The predicted molar refractivity (Wildman–Crippen MR) is 64.0 cm³/mol. The molecule has 0 heterocycles. The largest absolute Gasteiger partial charge is 0.508 e. The minimum Gasteiger partial charge on any atom is -0.508 e. The third-order valence-corrected chi connectivity index (χ3v) is 2.71. The van der Waals surface area contributed by atoms with E-state index < -0.39 is 0 Å². The molecule has 2 N–H and O–H groups in total. The molecule has 2 atom stereocenters. The molecule has 0 saturated heterocycles. The molecule has 86 valence electrons. The van der Waals surface area contributed by atoms with Crippen molar-refractivity contribution < 1.29 is 5.11 Å². The van der Waals surface area contributed by atoms with E-state index in [1.54, 1.807) is 12.1 Å². The van der Waals surface area contributed by atoms with Crippen LogP contribution in [0.1, 0.15) is 38.3 Å². The average molecular weight is 218 g/mol. The van der Waals surface area contributed by atoms with E-state index in [-0.39, 0.29) is 17.8 Å². The average Bonchev–Trinajstić information content (AvgIpc) is 2.29. The Hall–Kier alpha value is -1.53. The Kier molecular flexibility index (Phi) is 4.81. The van der Waals surface area contributed by atoms with Gasteiger partial charge in [-0.25, -0.2) is 0 Å². The highest BCUT2D eigenvalue weighted by atomic mass is 16.3. The van der Waals surface area contributed by atoms with Gasteiger partial charge in [-0.15, -0.1) is 0 Å². The van der Waals surface area contributed by atoms with E-state index in [0.29, 0.717) is 6.42 Å². The van der Waals surface area contributed by atoms with Crippen molar-refractivity contribution in [2.45, 2.75) is 38.8 Å². The molecule has 1 aromatic rings. The summed E-state index contributed by atoms with van der Waals surface area (Å²) in [4.78, 5) is 0. The summed E-state index contributed by atoms with van der Waals surface area (Å²) in [5.74, 6) is 0.278. The summed E-state index contributed by atoms with van der Waals surface area (Å²) in [5, 5.41) is 21.3. The monoisotopic (exact) mass is 218 g/mol. The predicted octanol–water partition coefficient (Wildman–Crippen LogP) is 2.74. The van der Waals surface area contributed by atoms with Crippen LogP contribution in [0.4, 0.5) is 0 Å². The second-order valence-corrected chi connectivity index (χ2v) is 3.95. The summed E-state index contributed by atoms with van der Waals surface area (Å²) in [7, 11) is 0. The van der Waals surface area contributed by atoms with E-state index in [2.05, 4.69) is 25.2 Å². The van der Waals surface area contributed by atoms with Gasteiger partial charge in [0.1, 0.15) is 5.75 Å². The summed E-state index contributed by atoms with van der Waals surface area (Å²) < 4.78 is 0. The number of hydrogen-bond acceptors (Lipinski definition) is 3. The van der Waals surface area contributed by atoms with Gasteiger partial charge >= 0.3 is 0 Å². The lowest BCUT2D eigenvalue weighted by atomic mass is 10.1. The first-order valence-electron chi connectivity index (χ1n) is 5.59. The van der Waals surface area contributed by atoms with Crippen molar-refractivity contribution in [1.82, 2.24) is 5.32 Å². The first kappa shape index (κ1) is 12.5. The number of benzene rings is 1.